The van der Waals surface area contributed by atoms with Crippen molar-refractivity contribution in [3.8, 4) is 0 Å². The molecule has 0 bridgehead atoms. The summed E-state index contributed by atoms with van der Waals surface area (Å²) in [7, 11) is 0. The predicted octanol–water partition coefficient (Wildman–Crippen LogP) is 3.91. The molecule has 1 aromatic heterocycles. The Morgan fingerprint density at radius 2 is 2.47 bits per heavy atom. The van der Waals surface area contributed by atoms with E-state index in [0.29, 0.717) is 5.92 Å². The summed E-state index contributed by atoms with van der Waals surface area (Å²) < 4.78 is 0. The summed E-state index contributed by atoms with van der Waals surface area (Å²) in [4.78, 5) is 4.52. The first-order chi connectivity index (χ1) is 7.33. The van der Waals surface area contributed by atoms with Crippen molar-refractivity contribution in [1.82, 2.24) is 4.98 Å². The van der Waals surface area contributed by atoms with E-state index in [4.69, 9.17) is 11.6 Å². The average molecular weight is 224 g/mol. The van der Waals surface area contributed by atoms with E-state index in [1.54, 1.807) is 0 Å². The first kappa shape index (κ1) is 10.9. The van der Waals surface area contributed by atoms with Crippen molar-refractivity contribution in [2.45, 2.75) is 50.3 Å². The molecule has 0 radical (unpaired) electrons. The van der Waals surface area contributed by atoms with Gasteiger partial charge in [0.05, 0.1) is 0 Å². The number of aryl methyl sites for hydroxylation is 1. The fourth-order valence-corrected chi connectivity index (χ4v) is 2.94. The molecule has 82 valence electrons. The molecule has 1 aromatic rings. The maximum Gasteiger partial charge on any atom is 0.0481 e. The van der Waals surface area contributed by atoms with Crippen LogP contribution in [0.3, 0.4) is 0 Å². The zero-order valence-corrected chi connectivity index (χ0v) is 10.0. The highest BCUT2D eigenvalue weighted by Crippen LogP contribution is 2.36. The Morgan fingerprint density at radius 1 is 1.60 bits per heavy atom. The highest BCUT2D eigenvalue weighted by molar-refractivity contribution is 6.21. The van der Waals surface area contributed by atoms with Gasteiger partial charge in [-0.1, -0.05) is 19.4 Å². The van der Waals surface area contributed by atoms with Crippen molar-refractivity contribution < 1.29 is 0 Å². The largest absolute Gasteiger partial charge is 0.261 e. The number of hydrogen-bond donors (Lipinski definition) is 0. The second kappa shape index (κ2) is 4.98. The van der Waals surface area contributed by atoms with Crippen molar-refractivity contribution in [3.05, 3.63) is 29.6 Å². The van der Waals surface area contributed by atoms with Crippen LogP contribution >= 0.6 is 11.6 Å². The van der Waals surface area contributed by atoms with Crippen LogP contribution in [-0.4, -0.2) is 10.4 Å². The number of hydrogen-bond acceptors (Lipinski definition) is 1. The molecule has 1 nitrogen and oxygen atoms in total. The molecule has 0 aliphatic heterocycles. The summed E-state index contributed by atoms with van der Waals surface area (Å²) in [6, 6.07) is 4.23. The van der Waals surface area contributed by atoms with Crippen LogP contribution in [0.25, 0.3) is 0 Å². The molecule has 1 heterocycles. The molecule has 0 aromatic carbocycles. The van der Waals surface area contributed by atoms with E-state index < -0.39 is 0 Å². The van der Waals surface area contributed by atoms with Gasteiger partial charge in [-0.2, -0.15) is 0 Å². The molecule has 1 aliphatic rings. The third kappa shape index (κ3) is 2.34. The minimum absolute atomic E-state index is 0.268. The zero-order chi connectivity index (χ0) is 10.7. The third-order valence-electron chi connectivity index (χ3n) is 3.24. The molecule has 2 atom stereocenters. The number of alkyl halides is 1. The monoisotopic (exact) mass is 223 g/mol. The second-order valence-electron chi connectivity index (χ2n) is 4.35. The van der Waals surface area contributed by atoms with Crippen molar-refractivity contribution >= 4 is 11.6 Å². The summed E-state index contributed by atoms with van der Waals surface area (Å²) in [5.74, 6) is 0.483. The summed E-state index contributed by atoms with van der Waals surface area (Å²) in [5.41, 5.74) is 2.67. The van der Waals surface area contributed by atoms with Crippen LogP contribution < -0.4 is 0 Å². The Bertz CT molecular complexity index is 324. The van der Waals surface area contributed by atoms with Crippen LogP contribution in [0.15, 0.2) is 18.3 Å². The molecule has 0 saturated carbocycles. The van der Waals surface area contributed by atoms with Gasteiger partial charge in [-0.15, -0.1) is 11.6 Å². The Kier molecular flexibility index (Phi) is 3.63. The summed E-state index contributed by atoms with van der Waals surface area (Å²) >= 11 is 6.45. The van der Waals surface area contributed by atoms with Crippen molar-refractivity contribution in [3.63, 3.8) is 0 Å². The van der Waals surface area contributed by atoms with Crippen molar-refractivity contribution in [2.75, 3.05) is 0 Å². The average Bonchev–Trinajstić information content (AvgIpc) is 2.28. The Balaban J connectivity index is 2.21. The maximum atomic E-state index is 6.45. The van der Waals surface area contributed by atoms with Gasteiger partial charge in [0.15, 0.2) is 0 Å². The van der Waals surface area contributed by atoms with Crippen LogP contribution in [0, 0.1) is 0 Å². The number of fused-ring (bicyclic) bond motifs is 1. The van der Waals surface area contributed by atoms with Gasteiger partial charge in [0.1, 0.15) is 0 Å². The molecular weight excluding hydrogens is 206 g/mol. The fraction of sp³-hybridized carbons (Fsp3) is 0.615. The molecule has 2 heteroatoms. The van der Waals surface area contributed by atoms with Crippen molar-refractivity contribution in [1.29, 1.82) is 0 Å². The van der Waals surface area contributed by atoms with Crippen LogP contribution in [0.2, 0.25) is 0 Å². The number of aromatic nitrogens is 1. The van der Waals surface area contributed by atoms with Crippen molar-refractivity contribution in [2.24, 2.45) is 0 Å². The molecule has 15 heavy (non-hydrogen) atoms. The van der Waals surface area contributed by atoms with Gasteiger partial charge in [-0.3, -0.25) is 4.98 Å². The lowest BCUT2D eigenvalue weighted by molar-refractivity contribution is 0.496. The van der Waals surface area contributed by atoms with Gasteiger partial charge < -0.3 is 0 Å². The lowest BCUT2D eigenvalue weighted by Crippen LogP contribution is -2.20. The Morgan fingerprint density at radius 3 is 3.27 bits per heavy atom. The van der Waals surface area contributed by atoms with E-state index in [2.05, 4.69) is 18.0 Å². The van der Waals surface area contributed by atoms with Gasteiger partial charge in [-0.25, -0.2) is 0 Å². The smallest absolute Gasteiger partial charge is 0.0481 e. The normalized spacial score (nSPS) is 22.1. The van der Waals surface area contributed by atoms with Gasteiger partial charge in [-0.05, 0) is 37.3 Å². The molecule has 2 rings (SSSR count). The predicted molar refractivity (Wildman–Crippen MR) is 64.5 cm³/mol. The summed E-state index contributed by atoms with van der Waals surface area (Å²) in [6.07, 6.45) is 7.80. The van der Waals surface area contributed by atoms with E-state index in [-0.39, 0.29) is 5.38 Å². The fourth-order valence-electron chi connectivity index (χ4n) is 2.47. The van der Waals surface area contributed by atoms with E-state index in [0.717, 1.165) is 12.8 Å². The first-order valence-corrected chi connectivity index (χ1v) is 6.34. The van der Waals surface area contributed by atoms with Crippen LogP contribution in [0.5, 0.6) is 0 Å². The topological polar surface area (TPSA) is 12.9 Å². The highest BCUT2D eigenvalue weighted by Gasteiger charge is 2.26. The standard InChI is InChI=1S/C13H18ClN/c1-2-5-12(14)11-8-3-6-10-7-4-9-15-13(10)11/h4,7,9,11-12H,2-3,5-6,8H2,1H3. The Labute approximate surface area is 96.9 Å². The zero-order valence-electron chi connectivity index (χ0n) is 9.25. The van der Waals surface area contributed by atoms with Gasteiger partial charge in [0.25, 0.3) is 0 Å². The molecular formula is C13H18ClN. The number of halogens is 1. The number of pyridine rings is 1. The second-order valence-corrected chi connectivity index (χ2v) is 4.91. The van der Waals surface area contributed by atoms with E-state index >= 15 is 0 Å². The first-order valence-electron chi connectivity index (χ1n) is 5.90. The lowest BCUT2D eigenvalue weighted by Gasteiger charge is -2.27. The minimum atomic E-state index is 0.268. The van der Waals surface area contributed by atoms with Crippen LogP contribution in [0.1, 0.15) is 49.8 Å². The summed E-state index contributed by atoms with van der Waals surface area (Å²) in [5, 5.41) is 0.268. The maximum absolute atomic E-state index is 6.45. The molecule has 0 spiro atoms. The van der Waals surface area contributed by atoms with Gasteiger partial charge >= 0.3 is 0 Å². The molecule has 0 fully saturated rings. The van der Waals surface area contributed by atoms with E-state index in [9.17, 15) is 0 Å². The van der Waals surface area contributed by atoms with Gasteiger partial charge in [0, 0.05) is 23.2 Å². The quantitative estimate of drug-likeness (QED) is 0.709. The third-order valence-corrected chi connectivity index (χ3v) is 3.76. The number of nitrogens with zero attached hydrogens (tertiary/aromatic N) is 1. The molecule has 2 unspecified atom stereocenters. The van der Waals surface area contributed by atoms with E-state index in [1.165, 1.54) is 30.5 Å². The highest BCUT2D eigenvalue weighted by atomic mass is 35.5. The molecule has 0 amide bonds. The van der Waals surface area contributed by atoms with Gasteiger partial charge in [0.2, 0.25) is 0 Å². The minimum Gasteiger partial charge on any atom is -0.261 e. The molecule has 0 N–H and O–H groups in total. The number of rotatable bonds is 3. The van der Waals surface area contributed by atoms with Crippen LogP contribution in [0.4, 0.5) is 0 Å². The lowest BCUT2D eigenvalue weighted by atomic mass is 9.83. The molecule has 0 saturated heterocycles. The van der Waals surface area contributed by atoms with E-state index in [1.807, 2.05) is 12.3 Å². The van der Waals surface area contributed by atoms with Crippen LogP contribution in [-0.2, 0) is 6.42 Å². The Hall–Kier alpha value is -0.560. The summed E-state index contributed by atoms with van der Waals surface area (Å²) in [6.45, 7) is 2.19. The SMILES string of the molecule is CCCC(Cl)C1CCCc2cccnc21. The molecule has 1 aliphatic carbocycles.